The molecule has 37 heavy (non-hydrogen) atoms. The summed E-state index contributed by atoms with van der Waals surface area (Å²) in [6.07, 6.45) is 5.48. The maximum Gasteiger partial charge on any atom is 0.259 e. The molecule has 11 heteroatoms. The number of imidazole rings is 1. The van der Waals surface area contributed by atoms with Crippen LogP contribution in [0.5, 0.6) is 0 Å². The van der Waals surface area contributed by atoms with Crippen molar-refractivity contribution < 1.29 is 9.59 Å². The number of aromatic amines is 1. The van der Waals surface area contributed by atoms with Gasteiger partial charge in [0.2, 0.25) is 11.0 Å². The number of pyridine rings is 1. The molecule has 0 bridgehead atoms. The summed E-state index contributed by atoms with van der Waals surface area (Å²) in [7, 11) is 3.85. The third-order valence-corrected chi connectivity index (χ3v) is 7.93. The first-order chi connectivity index (χ1) is 17.5. The van der Waals surface area contributed by atoms with Crippen molar-refractivity contribution in [3.05, 3.63) is 52.3 Å². The summed E-state index contributed by atoms with van der Waals surface area (Å²) in [5.74, 6) is -0.0290. The molecule has 1 fully saturated rings. The second-order valence-electron chi connectivity index (χ2n) is 10.9. The SMILES string of the molecule is Cc1ccc(C(=O)Nc2nnc(C(C)(C)C)s2)c(C2CCN(C(=O)C(Cc3cnc[nH]3)N(C)C)CC2)n1. The van der Waals surface area contributed by atoms with E-state index in [1.165, 1.54) is 11.3 Å². The summed E-state index contributed by atoms with van der Waals surface area (Å²) in [6.45, 7) is 9.38. The molecule has 2 N–H and O–H groups in total. The van der Waals surface area contributed by atoms with Crippen molar-refractivity contribution in [3.8, 4) is 0 Å². The maximum atomic E-state index is 13.4. The van der Waals surface area contributed by atoms with E-state index in [4.69, 9.17) is 4.98 Å². The average Bonchev–Trinajstić information content (AvgIpc) is 3.54. The Morgan fingerprint density at radius 2 is 1.95 bits per heavy atom. The lowest BCUT2D eigenvalue weighted by Gasteiger charge is -2.36. The number of anilines is 1. The van der Waals surface area contributed by atoms with Crippen LogP contribution >= 0.6 is 11.3 Å². The molecule has 3 aromatic rings. The maximum absolute atomic E-state index is 13.4. The number of carbonyl (C=O) groups is 2. The number of rotatable bonds is 7. The van der Waals surface area contributed by atoms with Crippen LogP contribution in [-0.2, 0) is 16.6 Å². The first-order valence-electron chi connectivity index (χ1n) is 12.6. The van der Waals surface area contributed by atoms with Gasteiger partial charge in [0.05, 0.1) is 23.6 Å². The number of aromatic nitrogens is 5. The van der Waals surface area contributed by atoms with Crippen LogP contribution in [0.3, 0.4) is 0 Å². The van der Waals surface area contributed by atoms with E-state index in [-0.39, 0.29) is 29.2 Å². The van der Waals surface area contributed by atoms with E-state index in [2.05, 4.69) is 46.3 Å². The summed E-state index contributed by atoms with van der Waals surface area (Å²) < 4.78 is 0. The highest BCUT2D eigenvalue weighted by Crippen LogP contribution is 2.32. The van der Waals surface area contributed by atoms with E-state index >= 15 is 0 Å². The Kier molecular flexibility index (Phi) is 8.03. The molecule has 4 rings (SSSR count). The molecule has 198 valence electrons. The smallest absolute Gasteiger partial charge is 0.259 e. The predicted octanol–water partition coefficient (Wildman–Crippen LogP) is 3.39. The summed E-state index contributed by atoms with van der Waals surface area (Å²) >= 11 is 1.39. The number of H-pyrrole nitrogens is 1. The van der Waals surface area contributed by atoms with Crippen LogP contribution in [-0.4, -0.2) is 80.0 Å². The third kappa shape index (κ3) is 6.40. The van der Waals surface area contributed by atoms with Gasteiger partial charge in [0.1, 0.15) is 5.01 Å². The molecule has 4 heterocycles. The normalized spacial score (nSPS) is 15.7. The lowest BCUT2D eigenvalue weighted by atomic mass is 9.89. The molecule has 0 saturated carbocycles. The van der Waals surface area contributed by atoms with E-state index < -0.39 is 0 Å². The number of carbonyl (C=O) groups excluding carboxylic acids is 2. The molecular weight excluding hydrogens is 488 g/mol. The van der Waals surface area contributed by atoms with Gasteiger partial charge in [-0.15, -0.1) is 10.2 Å². The highest BCUT2D eigenvalue weighted by molar-refractivity contribution is 7.15. The molecule has 1 aliphatic rings. The van der Waals surface area contributed by atoms with Gasteiger partial charge in [0.25, 0.3) is 5.91 Å². The minimum Gasteiger partial charge on any atom is -0.348 e. The number of nitrogens with zero attached hydrogens (tertiary/aromatic N) is 6. The fourth-order valence-electron chi connectivity index (χ4n) is 4.50. The Labute approximate surface area is 221 Å². The number of likely N-dealkylation sites (N-methyl/N-ethyl adjacent to an activating group) is 1. The monoisotopic (exact) mass is 524 g/mol. The lowest BCUT2D eigenvalue weighted by Crippen LogP contribution is -2.49. The van der Waals surface area contributed by atoms with E-state index in [0.29, 0.717) is 30.2 Å². The Hall–Kier alpha value is -3.18. The molecule has 1 aliphatic heterocycles. The van der Waals surface area contributed by atoms with Gasteiger partial charge in [-0.1, -0.05) is 32.1 Å². The van der Waals surface area contributed by atoms with Crippen LogP contribution in [0.25, 0.3) is 0 Å². The summed E-state index contributed by atoms with van der Waals surface area (Å²) in [6, 6.07) is 3.43. The molecule has 1 saturated heterocycles. The van der Waals surface area contributed by atoms with Gasteiger partial charge in [-0.3, -0.25) is 24.8 Å². The topological polar surface area (TPSA) is 120 Å². The quantitative estimate of drug-likeness (QED) is 0.486. The highest BCUT2D eigenvalue weighted by atomic mass is 32.1. The largest absolute Gasteiger partial charge is 0.348 e. The van der Waals surface area contributed by atoms with Gasteiger partial charge >= 0.3 is 0 Å². The molecule has 0 aliphatic carbocycles. The Balaban J connectivity index is 1.45. The predicted molar refractivity (Wildman–Crippen MR) is 144 cm³/mol. The number of aryl methyl sites for hydroxylation is 1. The summed E-state index contributed by atoms with van der Waals surface area (Å²) in [5, 5.41) is 12.6. The van der Waals surface area contributed by atoms with Crippen LogP contribution in [0.1, 0.15) is 72.0 Å². The fourth-order valence-corrected chi connectivity index (χ4v) is 5.30. The Morgan fingerprint density at radius 1 is 1.22 bits per heavy atom. The van der Waals surface area contributed by atoms with Crippen LogP contribution in [0.15, 0.2) is 24.7 Å². The second kappa shape index (κ2) is 11.1. The van der Waals surface area contributed by atoms with Crippen molar-refractivity contribution >= 4 is 28.3 Å². The number of hydrogen-bond donors (Lipinski definition) is 2. The Bertz CT molecular complexity index is 1220. The van der Waals surface area contributed by atoms with E-state index in [1.54, 1.807) is 12.5 Å². The minimum absolute atomic E-state index is 0.0923. The van der Waals surface area contributed by atoms with Gasteiger partial charge in [-0.25, -0.2) is 4.98 Å². The third-order valence-electron chi connectivity index (χ3n) is 6.67. The fraction of sp³-hybridized carbons (Fsp3) is 0.538. The minimum atomic E-state index is -0.264. The van der Waals surface area contributed by atoms with Gasteiger partial charge in [0.15, 0.2) is 0 Å². The number of piperidine rings is 1. The van der Waals surface area contributed by atoms with Crippen molar-refractivity contribution in [2.75, 3.05) is 32.5 Å². The molecule has 1 unspecified atom stereocenters. The van der Waals surface area contributed by atoms with Crippen LogP contribution in [0.2, 0.25) is 0 Å². The van der Waals surface area contributed by atoms with Crippen molar-refractivity contribution in [2.45, 2.75) is 64.3 Å². The first-order valence-corrected chi connectivity index (χ1v) is 13.4. The highest BCUT2D eigenvalue weighted by Gasteiger charge is 2.32. The zero-order valence-corrected chi connectivity index (χ0v) is 23.2. The van der Waals surface area contributed by atoms with Gasteiger partial charge in [-0.05, 0) is 46.0 Å². The molecule has 10 nitrogen and oxygen atoms in total. The second-order valence-corrected chi connectivity index (χ2v) is 11.8. The van der Waals surface area contributed by atoms with Crippen molar-refractivity contribution in [3.63, 3.8) is 0 Å². The molecule has 0 radical (unpaired) electrons. The zero-order chi connectivity index (χ0) is 26.7. The number of nitrogens with one attached hydrogen (secondary N) is 2. The molecule has 3 aromatic heterocycles. The first kappa shape index (κ1) is 26.9. The van der Waals surface area contributed by atoms with Crippen molar-refractivity contribution in [1.29, 1.82) is 0 Å². The summed E-state index contributed by atoms with van der Waals surface area (Å²) in [5.41, 5.74) is 3.00. The van der Waals surface area contributed by atoms with E-state index in [0.717, 1.165) is 34.9 Å². The van der Waals surface area contributed by atoms with Crippen molar-refractivity contribution in [2.24, 2.45) is 0 Å². The molecule has 2 amide bonds. The number of hydrogen-bond acceptors (Lipinski definition) is 8. The molecular formula is C26H36N8O2S. The molecule has 0 aromatic carbocycles. The summed E-state index contributed by atoms with van der Waals surface area (Å²) in [4.78, 5) is 42.4. The average molecular weight is 525 g/mol. The number of likely N-dealkylation sites (tertiary alicyclic amines) is 1. The van der Waals surface area contributed by atoms with E-state index in [9.17, 15) is 9.59 Å². The van der Waals surface area contributed by atoms with Crippen LogP contribution in [0, 0.1) is 6.92 Å². The standard InChI is InChI=1S/C26H36N8O2S/c1-16-7-8-19(22(35)30-25-32-31-24(37-25)26(2,3)4)21(29-16)17-9-11-34(12-10-17)23(36)20(33(5)6)13-18-14-27-15-28-18/h7-8,14-15,17,20H,9-13H2,1-6H3,(H,27,28)(H,30,32,35). The van der Waals surface area contributed by atoms with Gasteiger partial charge in [-0.2, -0.15) is 0 Å². The van der Waals surface area contributed by atoms with Crippen LogP contribution < -0.4 is 5.32 Å². The lowest BCUT2D eigenvalue weighted by molar-refractivity contribution is -0.137. The Morgan fingerprint density at radius 3 is 2.54 bits per heavy atom. The van der Waals surface area contributed by atoms with Crippen LogP contribution in [0.4, 0.5) is 5.13 Å². The number of amides is 2. The van der Waals surface area contributed by atoms with Crippen molar-refractivity contribution in [1.82, 2.24) is 34.9 Å². The molecule has 0 spiro atoms. The zero-order valence-electron chi connectivity index (χ0n) is 22.4. The van der Waals surface area contributed by atoms with Gasteiger partial charge < -0.3 is 9.88 Å². The molecule has 1 atom stereocenters. The van der Waals surface area contributed by atoms with E-state index in [1.807, 2.05) is 43.0 Å². The van der Waals surface area contributed by atoms with Gasteiger partial charge in [0, 0.05) is 48.4 Å².